The molecule has 0 aliphatic rings. The molecule has 0 bridgehead atoms. The number of rotatable bonds is 11. The van der Waals surface area contributed by atoms with Gasteiger partial charge in [0, 0.05) is 60.7 Å². The highest BCUT2D eigenvalue weighted by atomic mass is 35.5. The quantitative estimate of drug-likeness (QED) is 0.438. The minimum absolute atomic E-state index is 0.583. The average Bonchev–Trinajstić information content (AvgIpc) is 2.69. The predicted molar refractivity (Wildman–Crippen MR) is 118 cm³/mol. The van der Waals surface area contributed by atoms with E-state index < -0.39 is 0 Å². The number of methoxy groups -OCH3 is 2. The summed E-state index contributed by atoms with van der Waals surface area (Å²) >= 11 is 12.6. The van der Waals surface area contributed by atoms with E-state index in [2.05, 4.69) is 4.90 Å². The van der Waals surface area contributed by atoms with Gasteiger partial charge < -0.3 is 15.2 Å². The van der Waals surface area contributed by atoms with Crippen molar-refractivity contribution in [3.8, 4) is 0 Å². The van der Waals surface area contributed by atoms with E-state index in [1.165, 1.54) is 0 Å². The summed E-state index contributed by atoms with van der Waals surface area (Å²) in [6.45, 7) is 4.30. The van der Waals surface area contributed by atoms with Gasteiger partial charge in [-0.25, -0.2) is 0 Å². The SMILES string of the molecule is COCCN(CCN=C(c1cc(Cl)ccc1N)c1ccccc1Cl)CCOC. The average molecular weight is 424 g/mol. The fourth-order valence-electron chi connectivity index (χ4n) is 2.78. The zero-order chi connectivity index (χ0) is 20.4. The van der Waals surface area contributed by atoms with Gasteiger partial charge in [0.2, 0.25) is 0 Å². The van der Waals surface area contributed by atoms with Crippen molar-refractivity contribution in [2.24, 2.45) is 4.99 Å². The minimum Gasteiger partial charge on any atom is -0.398 e. The molecule has 0 aliphatic carbocycles. The summed E-state index contributed by atoms with van der Waals surface area (Å²) in [5.74, 6) is 0. The first-order chi connectivity index (χ1) is 13.6. The summed E-state index contributed by atoms with van der Waals surface area (Å²) in [6, 6.07) is 13.0. The van der Waals surface area contributed by atoms with Crippen LogP contribution in [-0.4, -0.2) is 64.2 Å². The van der Waals surface area contributed by atoms with Crippen LogP contribution in [0.15, 0.2) is 47.5 Å². The number of aliphatic imine (C=N–C) groups is 1. The Morgan fingerprint density at radius 1 is 0.964 bits per heavy atom. The Morgan fingerprint density at radius 3 is 2.29 bits per heavy atom. The fraction of sp³-hybridized carbons (Fsp3) is 0.381. The van der Waals surface area contributed by atoms with Crippen LogP contribution >= 0.6 is 23.2 Å². The molecule has 2 aromatic carbocycles. The zero-order valence-corrected chi connectivity index (χ0v) is 17.8. The topological polar surface area (TPSA) is 60.1 Å². The van der Waals surface area contributed by atoms with E-state index in [-0.39, 0.29) is 0 Å². The van der Waals surface area contributed by atoms with Crippen LogP contribution in [0.1, 0.15) is 11.1 Å². The van der Waals surface area contributed by atoms with E-state index in [0.29, 0.717) is 35.5 Å². The van der Waals surface area contributed by atoms with Gasteiger partial charge >= 0.3 is 0 Å². The third-order valence-electron chi connectivity index (χ3n) is 4.31. The summed E-state index contributed by atoms with van der Waals surface area (Å²) in [5.41, 5.74) is 9.17. The molecular formula is C21H27Cl2N3O2. The van der Waals surface area contributed by atoms with Crippen molar-refractivity contribution in [1.29, 1.82) is 0 Å². The smallest absolute Gasteiger partial charge is 0.0755 e. The highest BCUT2D eigenvalue weighted by molar-refractivity contribution is 6.36. The number of nitrogens with two attached hydrogens (primary N) is 1. The van der Waals surface area contributed by atoms with Gasteiger partial charge in [0.25, 0.3) is 0 Å². The molecule has 0 saturated carbocycles. The number of nitrogen functional groups attached to an aromatic ring is 1. The van der Waals surface area contributed by atoms with Crippen LogP contribution < -0.4 is 5.73 Å². The Morgan fingerprint density at radius 2 is 1.64 bits per heavy atom. The number of benzene rings is 2. The molecule has 0 amide bonds. The van der Waals surface area contributed by atoms with Crippen molar-refractivity contribution in [1.82, 2.24) is 4.90 Å². The van der Waals surface area contributed by atoms with E-state index in [4.69, 9.17) is 43.4 Å². The molecule has 2 aromatic rings. The normalized spacial score (nSPS) is 12.0. The molecule has 0 atom stereocenters. The third kappa shape index (κ3) is 6.76. The lowest BCUT2D eigenvalue weighted by molar-refractivity contribution is 0.116. The molecule has 5 nitrogen and oxygen atoms in total. The lowest BCUT2D eigenvalue weighted by Gasteiger charge is -2.21. The summed E-state index contributed by atoms with van der Waals surface area (Å²) in [4.78, 5) is 7.11. The van der Waals surface area contributed by atoms with Crippen LogP contribution in [0.3, 0.4) is 0 Å². The van der Waals surface area contributed by atoms with Gasteiger partial charge in [0.1, 0.15) is 0 Å². The Labute approximate surface area is 177 Å². The minimum atomic E-state index is 0.583. The molecule has 0 unspecified atom stereocenters. The first-order valence-corrected chi connectivity index (χ1v) is 9.87. The molecule has 0 saturated heterocycles. The molecule has 0 fully saturated rings. The van der Waals surface area contributed by atoms with Crippen LogP contribution in [0.4, 0.5) is 5.69 Å². The van der Waals surface area contributed by atoms with Crippen molar-refractivity contribution < 1.29 is 9.47 Å². The van der Waals surface area contributed by atoms with Gasteiger partial charge in [-0.2, -0.15) is 0 Å². The van der Waals surface area contributed by atoms with Crippen LogP contribution in [0.5, 0.6) is 0 Å². The highest BCUT2D eigenvalue weighted by Crippen LogP contribution is 2.25. The van der Waals surface area contributed by atoms with Gasteiger partial charge in [-0.05, 0) is 24.3 Å². The molecule has 0 aliphatic heterocycles. The van der Waals surface area contributed by atoms with Crippen LogP contribution in [0.25, 0.3) is 0 Å². The second-order valence-electron chi connectivity index (χ2n) is 6.27. The maximum absolute atomic E-state index is 6.44. The van der Waals surface area contributed by atoms with E-state index in [0.717, 1.165) is 36.5 Å². The van der Waals surface area contributed by atoms with Crippen molar-refractivity contribution in [2.45, 2.75) is 0 Å². The number of hydrogen-bond donors (Lipinski definition) is 1. The van der Waals surface area contributed by atoms with Gasteiger partial charge in [-0.1, -0.05) is 41.4 Å². The largest absolute Gasteiger partial charge is 0.398 e. The summed E-state index contributed by atoms with van der Waals surface area (Å²) in [7, 11) is 3.40. The summed E-state index contributed by atoms with van der Waals surface area (Å²) in [5, 5.41) is 1.22. The lowest BCUT2D eigenvalue weighted by Crippen LogP contribution is -2.33. The van der Waals surface area contributed by atoms with Gasteiger partial charge in [-0.15, -0.1) is 0 Å². The molecule has 0 radical (unpaired) electrons. The number of ether oxygens (including phenoxy) is 2. The van der Waals surface area contributed by atoms with E-state index in [1.54, 1.807) is 26.4 Å². The lowest BCUT2D eigenvalue weighted by atomic mass is 10.0. The molecule has 152 valence electrons. The van der Waals surface area contributed by atoms with E-state index in [9.17, 15) is 0 Å². The van der Waals surface area contributed by atoms with Crippen LogP contribution in [0, 0.1) is 0 Å². The van der Waals surface area contributed by atoms with Crippen molar-refractivity contribution in [3.63, 3.8) is 0 Å². The Balaban J connectivity index is 2.28. The Hall–Kier alpha value is -1.63. The molecule has 28 heavy (non-hydrogen) atoms. The van der Waals surface area contributed by atoms with E-state index >= 15 is 0 Å². The molecule has 0 aromatic heterocycles. The highest BCUT2D eigenvalue weighted by Gasteiger charge is 2.14. The Kier molecular flexibility index (Phi) is 9.75. The third-order valence-corrected chi connectivity index (χ3v) is 4.87. The maximum atomic E-state index is 6.44. The molecule has 0 spiro atoms. The van der Waals surface area contributed by atoms with Gasteiger partial charge in [-0.3, -0.25) is 9.89 Å². The van der Waals surface area contributed by atoms with E-state index in [1.807, 2.05) is 30.3 Å². The first-order valence-electron chi connectivity index (χ1n) is 9.11. The summed E-state index contributed by atoms with van der Waals surface area (Å²) < 4.78 is 10.4. The standard InChI is InChI=1S/C21H27Cl2N3O2/c1-27-13-11-26(12-14-28-2)10-9-25-21(17-5-3-4-6-19(17)23)18-15-16(22)7-8-20(18)24/h3-8,15H,9-14,24H2,1-2H3. The fourth-order valence-corrected chi connectivity index (χ4v) is 3.18. The van der Waals surface area contributed by atoms with Crippen LogP contribution in [-0.2, 0) is 9.47 Å². The molecule has 0 heterocycles. The van der Waals surface area contributed by atoms with Crippen molar-refractivity contribution >= 4 is 34.6 Å². The van der Waals surface area contributed by atoms with Gasteiger partial charge in [0.05, 0.1) is 25.5 Å². The maximum Gasteiger partial charge on any atom is 0.0755 e. The predicted octanol–water partition coefficient (Wildman–Crippen LogP) is 4.01. The number of hydrogen-bond acceptors (Lipinski definition) is 5. The monoisotopic (exact) mass is 423 g/mol. The Bertz CT molecular complexity index is 776. The second-order valence-corrected chi connectivity index (χ2v) is 7.11. The molecular weight excluding hydrogens is 397 g/mol. The molecule has 7 heteroatoms. The van der Waals surface area contributed by atoms with Crippen LogP contribution in [0.2, 0.25) is 10.0 Å². The molecule has 2 rings (SSSR count). The number of anilines is 1. The van der Waals surface area contributed by atoms with Crippen molar-refractivity contribution in [3.05, 3.63) is 63.6 Å². The van der Waals surface area contributed by atoms with Gasteiger partial charge in [0.15, 0.2) is 0 Å². The second kappa shape index (κ2) is 12.0. The van der Waals surface area contributed by atoms with Crippen molar-refractivity contribution in [2.75, 3.05) is 59.3 Å². The first kappa shape index (κ1) is 22.7. The number of nitrogens with zero attached hydrogens (tertiary/aromatic N) is 2. The molecule has 2 N–H and O–H groups in total. The zero-order valence-electron chi connectivity index (χ0n) is 16.3. The number of halogens is 2. The summed E-state index contributed by atoms with van der Waals surface area (Å²) in [6.07, 6.45) is 0.